The van der Waals surface area contributed by atoms with E-state index in [4.69, 9.17) is 5.11 Å². The molecular formula is C11H15NO4S. The maximum absolute atomic E-state index is 11.9. The van der Waals surface area contributed by atoms with Gasteiger partial charge in [0, 0.05) is 0 Å². The second-order valence-corrected chi connectivity index (χ2v) is 5.49. The van der Waals surface area contributed by atoms with E-state index in [1.165, 1.54) is 6.92 Å². The van der Waals surface area contributed by atoms with Gasteiger partial charge < -0.3 is 5.11 Å². The Hall–Kier alpha value is -1.40. The Balaban J connectivity index is 3.19. The molecule has 5 nitrogen and oxygen atoms in total. The van der Waals surface area contributed by atoms with E-state index in [9.17, 15) is 13.2 Å². The molecule has 1 aromatic carbocycles. The quantitative estimate of drug-likeness (QED) is 0.825. The summed E-state index contributed by atoms with van der Waals surface area (Å²) in [6.07, 6.45) is -1.37. The zero-order valence-electron chi connectivity index (χ0n) is 9.89. The molecule has 0 saturated heterocycles. The van der Waals surface area contributed by atoms with Crippen molar-refractivity contribution in [3.05, 3.63) is 29.3 Å². The number of aliphatic hydroxyl groups is 1. The number of sulfonamides is 1. The van der Waals surface area contributed by atoms with Gasteiger partial charge in [0.1, 0.15) is 6.10 Å². The SMILES string of the molecule is Cc1cccc(C)c1S(=O)(=O)NC(=O)C(C)O. The molecule has 0 heterocycles. The van der Waals surface area contributed by atoms with Crippen LogP contribution in [0, 0.1) is 13.8 Å². The summed E-state index contributed by atoms with van der Waals surface area (Å²) >= 11 is 0. The van der Waals surface area contributed by atoms with Crippen LogP contribution in [0.3, 0.4) is 0 Å². The van der Waals surface area contributed by atoms with E-state index in [1.807, 2.05) is 4.72 Å². The summed E-state index contributed by atoms with van der Waals surface area (Å²) in [5.41, 5.74) is 1.10. The highest BCUT2D eigenvalue weighted by atomic mass is 32.2. The Morgan fingerprint density at radius 1 is 1.29 bits per heavy atom. The summed E-state index contributed by atoms with van der Waals surface area (Å²) < 4.78 is 25.7. The first-order valence-corrected chi connectivity index (χ1v) is 6.55. The smallest absolute Gasteiger partial charge is 0.264 e. The van der Waals surface area contributed by atoms with Crippen molar-refractivity contribution in [2.45, 2.75) is 31.8 Å². The summed E-state index contributed by atoms with van der Waals surface area (Å²) in [4.78, 5) is 11.3. The van der Waals surface area contributed by atoms with Gasteiger partial charge in [-0.05, 0) is 31.9 Å². The lowest BCUT2D eigenvalue weighted by atomic mass is 10.2. The molecule has 0 aliphatic heterocycles. The number of hydrogen-bond acceptors (Lipinski definition) is 4. The standard InChI is InChI=1S/C11H15NO4S/c1-7-5-4-6-8(2)10(7)17(15,16)12-11(14)9(3)13/h4-6,9,13H,1-3H3,(H,12,14). The van der Waals surface area contributed by atoms with E-state index in [0.717, 1.165) is 0 Å². The average Bonchev–Trinajstić information content (AvgIpc) is 2.15. The number of hydrogen-bond donors (Lipinski definition) is 2. The first kappa shape index (κ1) is 13.7. The van der Waals surface area contributed by atoms with E-state index in [0.29, 0.717) is 11.1 Å². The molecule has 0 aliphatic rings. The van der Waals surface area contributed by atoms with Gasteiger partial charge in [0.15, 0.2) is 0 Å². The molecule has 17 heavy (non-hydrogen) atoms. The van der Waals surface area contributed by atoms with Crippen molar-refractivity contribution in [2.75, 3.05) is 0 Å². The first-order valence-electron chi connectivity index (χ1n) is 5.06. The van der Waals surface area contributed by atoms with Gasteiger partial charge in [-0.2, -0.15) is 0 Å². The van der Waals surface area contributed by atoms with Gasteiger partial charge >= 0.3 is 0 Å². The number of nitrogens with one attached hydrogen (secondary N) is 1. The van der Waals surface area contributed by atoms with Crippen LogP contribution in [0.15, 0.2) is 23.1 Å². The number of amides is 1. The normalized spacial score (nSPS) is 13.2. The number of aryl methyl sites for hydroxylation is 2. The fourth-order valence-corrected chi connectivity index (χ4v) is 3.01. The van der Waals surface area contributed by atoms with Crippen LogP contribution in [-0.4, -0.2) is 25.5 Å². The Morgan fingerprint density at radius 2 is 1.76 bits per heavy atom. The number of carbonyl (C=O) groups excluding carboxylic acids is 1. The molecule has 1 unspecified atom stereocenters. The van der Waals surface area contributed by atoms with Crippen LogP contribution in [0.2, 0.25) is 0 Å². The van der Waals surface area contributed by atoms with Crippen LogP contribution in [-0.2, 0) is 14.8 Å². The molecular weight excluding hydrogens is 242 g/mol. The van der Waals surface area contributed by atoms with Crippen molar-refractivity contribution in [1.82, 2.24) is 4.72 Å². The third-order valence-corrected chi connectivity index (χ3v) is 3.94. The Bertz CT molecular complexity index is 514. The molecule has 0 spiro atoms. The molecule has 0 bridgehead atoms. The van der Waals surface area contributed by atoms with E-state index in [-0.39, 0.29) is 4.90 Å². The molecule has 1 amide bonds. The van der Waals surface area contributed by atoms with Crippen molar-refractivity contribution in [1.29, 1.82) is 0 Å². The van der Waals surface area contributed by atoms with E-state index in [1.54, 1.807) is 32.0 Å². The topological polar surface area (TPSA) is 83.5 Å². The van der Waals surface area contributed by atoms with Gasteiger partial charge in [-0.25, -0.2) is 13.1 Å². The van der Waals surface area contributed by atoms with Gasteiger partial charge in [-0.15, -0.1) is 0 Å². The molecule has 94 valence electrons. The average molecular weight is 257 g/mol. The highest BCUT2D eigenvalue weighted by Crippen LogP contribution is 2.19. The lowest BCUT2D eigenvalue weighted by Crippen LogP contribution is -2.37. The fraction of sp³-hybridized carbons (Fsp3) is 0.364. The van der Waals surface area contributed by atoms with Gasteiger partial charge in [-0.3, -0.25) is 4.79 Å². The predicted octanol–water partition coefficient (Wildman–Crippen LogP) is 0.489. The third-order valence-electron chi connectivity index (χ3n) is 2.29. The van der Waals surface area contributed by atoms with Crippen molar-refractivity contribution in [3.63, 3.8) is 0 Å². The Kier molecular flexibility index (Phi) is 3.90. The lowest BCUT2D eigenvalue weighted by Gasteiger charge is -2.12. The van der Waals surface area contributed by atoms with E-state index < -0.39 is 22.0 Å². The minimum atomic E-state index is -3.93. The van der Waals surface area contributed by atoms with Crippen LogP contribution >= 0.6 is 0 Å². The molecule has 6 heteroatoms. The molecule has 1 rings (SSSR count). The number of carbonyl (C=O) groups is 1. The van der Waals surface area contributed by atoms with Gasteiger partial charge in [0.25, 0.3) is 15.9 Å². The summed E-state index contributed by atoms with van der Waals surface area (Å²) in [6, 6.07) is 5.03. The molecule has 0 radical (unpaired) electrons. The zero-order chi connectivity index (χ0) is 13.2. The molecule has 2 N–H and O–H groups in total. The first-order chi connectivity index (χ1) is 7.75. The van der Waals surface area contributed by atoms with Crippen LogP contribution in [0.25, 0.3) is 0 Å². The lowest BCUT2D eigenvalue weighted by molar-refractivity contribution is -0.126. The number of rotatable bonds is 3. The monoisotopic (exact) mass is 257 g/mol. The van der Waals surface area contributed by atoms with Gasteiger partial charge in [0.2, 0.25) is 0 Å². The van der Waals surface area contributed by atoms with Crippen LogP contribution in [0.4, 0.5) is 0 Å². The largest absolute Gasteiger partial charge is 0.384 e. The van der Waals surface area contributed by atoms with Crippen molar-refractivity contribution < 1.29 is 18.3 Å². The minimum absolute atomic E-state index is 0.0778. The van der Waals surface area contributed by atoms with Crippen molar-refractivity contribution in [2.24, 2.45) is 0 Å². The van der Waals surface area contributed by atoms with Crippen LogP contribution in [0.5, 0.6) is 0 Å². The maximum atomic E-state index is 11.9. The number of benzene rings is 1. The summed E-state index contributed by atoms with van der Waals surface area (Å²) in [7, 11) is -3.93. The van der Waals surface area contributed by atoms with E-state index in [2.05, 4.69) is 0 Å². The maximum Gasteiger partial charge on any atom is 0.264 e. The van der Waals surface area contributed by atoms with Crippen molar-refractivity contribution in [3.8, 4) is 0 Å². The molecule has 0 saturated carbocycles. The van der Waals surface area contributed by atoms with Crippen LogP contribution < -0.4 is 4.72 Å². The second-order valence-electron chi connectivity index (χ2n) is 3.87. The van der Waals surface area contributed by atoms with Crippen molar-refractivity contribution >= 4 is 15.9 Å². The molecule has 0 aliphatic carbocycles. The predicted molar refractivity (Wildman–Crippen MR) is 62.9 cm³/mol. The fourth-order valence-electron chi connectivity index (χ4n) is 1.49. The van der Waals surface area contributed by atoms with Crippen LogP contribution in [0.1, 0.15) is 18.1 Å². The molecule has 1 aromatic rings. The van der Waals surface area contributed by atoms with E-state index >= 15 is 0 Å². The third kappa shape index (κ3) is 3.04. The van der Waals surface area contributed by atoms with Gasteiger partial charge in [0.05, 0.1) is 4.90 Å². The highest BCUT2D eigenvalue weighted by molar-refractivity contribution is 7.90. The molecule has 0 aromatic heterocycles. The summed E-state index contributed by atoms with van der Waals surface area (Å²) in [5.74, 6) is -0.937. The molecule has 1 atom stereocenters. The summed E-state index contributed by atoms with van der Waals surface area (Å²) in [5, 5.41) is 8.99. The number of aliphatic hydroxyl groups excluding tert-OH is 1. The zero-order valence-corrected chi connectivity index (χ0v) is 10.7. The molecule has 0 fully saturated rings. The van der Waals surface area contributed by atoms with Gasteiger partial charge in [-0.1, -0.05) is 18.2 Å². The Morgan fingerprint density at radius 3 is 2.18 bits per heavy atom. The minimum Gasteiger partial charge on any atom is -0.384 e. The highest BCUT2D eigenvalue weighted by Gasteiger charge is 2.23. The summed E-state index contributed by atoms with van der Waals surface area (Å²) in [6.45, 7) is 4.50. The Labute approximate surface area is 101 Å². The second kappa shape index (κ2) is 4.85.